The molecule has 0 amide bonds. The summed E-state index contributed by atoms with van der Waals surface area (Å²) in [4.78, 5) is 0. The van der Waals surface area contributed by atoms with Crippen molar-refractivity contribution in [1.82, 2.24) is 0 Å². The van der Waals surface area contributed by atoms with Gasteiger partial charge in [0.05, 0.1) is 18.9 Å². The second-order valence-corrected chi connectivity index (χ2v) is 2.48. The highest BCUT2D eigenvalue weighted by Gasteiger charge is 2.31. The Morgan fingerprint density at radius 2 is 2.08 bits per heavy atom. The van der Waals surface area contributed by atoms with Crippen molar-refractivity contribution in [3.8, 4) is 0 Å². The summed E-state index contributed by atoms with van der Waals surface area (Å²) in [5, 5.41) is 0. The first kappa shape index (κ1) is 12.3. The monoisotopic (exact) mass is 215 g/mol. The van der Waals surface area contributed by atoms with E-state index in [0.29, 0.717) is 5.56 Å². The second kappa shape index (κ2) is 4.53. The molecule has 0 unspecified atom stereocenters. The van der Waals surface area contributed by atoms with Crippen molar-refractivity contribution in [1.29, 1.82) is 0 Å². The molecule has 13 heavy (non-hydrogen) atoms. The van der Waals surface area contributed by atoms with Gasteiger partial charge in [-0.05, 0) is 6.07 Å². The van der Waals surface area contributed by atoms with Gasteiger partial charge in [-0.3, -0.25) is 0 Å². The fourth-order valence-corrected chi connectivity index (χ4v) is 0.853. The summed E-state index contributed by atoms with van der Waals surface area (Å²) < 4.78 is 40.0. The van der Waals surface area contributed by atoms with Gasteiger partial charge in [-0.25, -0.2) is 0 Å². The fraction of sp³-hybridized carbons (Fsp3) is 0.429. The summed E-state index contributed by atoms with van der Waals surface area (Å²) in [6.07, 6.45) is -2.73. The SMILES string of the molecule is Cl.N[C@H](CC(F)(F)F)c1ccoc1. The zero-order valence-corrected chi connectivity index (χ0v) is 7.36. The van der Waals surface area contributed by atoms with Gasteiger partial charge < -0.3 is 10.2 Å². The molecule has 0 spiro atoms. The molecule has 2 N–H and O–H groups in total. The van der Waals surface area contributed by atoms with Crippen LogP contribution in [0.2, 0.25) is 0 Å². The van der Waals surface area contributed by atoms with Crippen LogP contribution in [0, 0.1) is 0 Å². The number of hydrogen-bond acceptors (Lipinski definition) is 2. The Balaban J connectivity index is 0.00000144. The predicted octanol–water partition coefficient (Wildman–Crippen LogP) is 2.65. The van der Waals surface area contributed by atoms with Gasteiger partial charge >= 0.3 is 6.18 Å². The first-order valence-corrected chi connectivity index (χ1v) is 3.33. The highest BCUT2D eigenvalue weighted by molar-refractivity contribution is 5.85. The van der Waals surface area contributed by atoms with Crippen LogP contribution in [0.5, 0.6) is 0 Å². The largest absolute Gasteiger partial charge is 0.472 e. The van der Waals surface area contributed by atoms with Crippen LogP contribution in [0.15, 0.2) is 23.0 Å². The summed E-state index contributed by atoms with van der Waals surface area (Å²) in [6, 6.07) is 0.403. The van der Waals surface area contributed by atoms with Gasteiger partial charge in [-0.15, -0.1) is 12.4 Å². The summed E-state index contributed by atoms with van der Waals surface area (Å²) in [6.45, 7) is 0. The van der Waals surface area contributed by atoms with Crippen LogP contribution >= 0.6 is 12.4 Å². The third kappa shape index (κ3) is 4.19. The molecule has 1 rings (SSSR count). The standard InChI is InChI=1S/C7H8F3NO.ClH/c8-7(9,10)3-6(11)5-1-2-12-4-5;/h1-2,4,6H,3,11H2;1H/t6-;/m1./s1. The zero-order chi connectivity index (χ0) is 9.19. The molecule has 0 fully saturated rings. The highest BCUT2D eigenvalue weighted by atomic mass is 35.5. The van der Waals surface area contributed by atoms with E-state index < -0.39 is 18.6 Å². The van der Waals surface area contributed by atoms with Gasteiger partial charge in [0.15, 0.2) is 0 Å². The van der Waals surface area contributed by atoms with Gasteiger partial charge in [-0.2, -0.15) is 13.2 Å². The van der Waals surface area contributed by atoms with E-state index in [1.54, 1.807) is 0 Å². The van der Waals surface area contributed by atoms with Crippen LogP contribution in [0.4, 0.5) is 13.2 Å². The quantitative estimate of drug-likeness (QED) is 0.824. The minimum atomic E-state index is -4.23. The van der Waals surface area contributed by atoms with E-state index in [1.807, 2.05) is 0 Å². The van der Waals surface area contributed by atoms with Crippen molar-refractivity contribution in [3.63, 3.8) is 0 Å². The lowest BCUT2D eigenvalue weighted by Gasteiger charge is -2.11. The van der Waals surface area contributed by atoms with Crippen LogP contribution in [-0.4, -0.2) is 6.18 Å². The van der Waals surface area contributed by atoms with E-state index in [9.17, 15) is 13.2 Å². The van der Waals surface area contributed by atoms with Gasteiger partial charge in [0.2, 0.25) is 0 Å². The van der Waals surface area contributed by atoms with Crippen LogP contribution in [0.25, 0.3) is 0 Å². The summed E-state index contributed by atoms with van der Waals surface area (Å²) >= 11 is 0. The fourth-order valence-electron chi connectivity index (χ4n) is 0.853. The number of halogens is 4. The normalized spacial score (nSPS) is 13.5. The molecule has 0 saturated heterocycles. The average molecular weight is 216 g/mol. The van der Waals surface area contributed by atoms with E-state index in [4.69, 9.17) is 5.73 Å². The van der Waals surface area contributed by atoms with Crippen LogP contribution in [-0.2, 0) is 0 Å². The van der Waals surface area contributed by atoms with Crippen molar-refractivity contribution < 1.29 is 17.6 Å². The molecular weight excluding hydrogens is 207 g/mol. The number of nitrogens with two attached hydrogens (primary N) is 1. The van der Waals surface area contributed by atoms with Gasteiger partial charge in [-0.1, -0.05) is 0 Å². The molecule has 0 aliphatic heterocycles. The van der Waals surface area contributed by atoms with E-state index in [-0.39, 0.29) is 12.4 Å². The molecule has 0 aliphatic carbocycles. The first-order chi connectivity index (χ1) is 5.49. The molecule has 1 aromatic heterocycles. The van der Waals surface area contributed by atoms with Crippen molar-refractivity contribution in [2.75, 3.05) is 0 Å². The Bertz CT molecular complexity index is 234. The summed E-state index contributed by atoms with van der Waals surface area (Å²) in [5.41, 5.74) is 5.61. The lowest BCUT2D eigenvalue weighted by atomic mass is 10.1. The van der Waals surface area contributed by atoms with Gasteiger partial charge in [0.25, 0.3) is 0 Å². The van der Waals surface area contributed by atoms with Crippen LogP contribution < -0.4 is 5.73 Å². The Morgan fingerprint density at radius 3 is 2.46 bits per heavy atom. The molecule has 0 saturated carbocycles. The molecule has 1 aromatic rings. The minimum absolute atomic E-state index is 0. The van der Waals surface area contributed by atoms with Crippen molar-refractivity contribution >= 4 is 12.4 Å². The van der Waals surface area contributed by atoms with Gasteiger partial charge in [0.1, 0.15) is 0 Å². The molecule has 0 aliphatic rings. The zero-order valence-electron chi connectivity index (χ0n) is 6.54. The molecule has 0 bridgehead atoms. The van der Waals surface area contributed by atoms with Crippen molar-refractivity contribution in [2.45, 2.75) is 18.6 Å². The highest BCUT2D eigenvalue weighted by Crippen LogP contribution is 2.27. The molecule has 1 atom stereocenters. The second-order valence-electron chi connectivity index (χ2n) is 2.48. The topological polar surface area (TPSA) is 39.2 Å². The Kier molecular flexibility index (Phi) is 4.29. The molecule has 76 valence electrons. The smallest absolute Gasteiger partial charge is 0.390 e. The molecule has 2 nitrogen and oxygen atoms in total. The first-order valence-electron chi connectivity index (χ1n) is 3.33. The molecule has 1 heterocycles. The number of furan rings is 1. The maximum Gasteiger partial charge on any atom is 0.390 e. The number of hydrogen-bond donors (Lipinski definition) is 1. The van der Waals surface area contributed by atoms with Crippen molar-refractivity contribution in [3.05, 3.63) is 24.2 Å². The predicted molar refractivity (Wildman–Crippen MR) is 43.6 cm³/mol. The summed E-state index contributed by atoms with van der Waals surface area (Å²) in [5.74, 6) is 0. The molecular formula is C7H9ClF3NO. The number of alkyl halides is 3. The molecule has 0 aromatic carbocycles. The minimum Gasteiger partial charge on any atom is -0.472 e. The van der Waals surface area contributed by atoms with E-state index in [0.717, 1.165) is 0 Å². The van der Waals surface area contributed by atoms with Gasteiger partial charge in [0, 0.05) is 11.6 Å². The van der Waals surface area contributed by atoms with E-state index >= 15 is 0 Å². The summed E-state index contributed by atoms with van der Waals surface area (Å²) in [7, 11) is 0. The van der Waals surface area contributed by atoms with Crippen LogP contribution in [0.1, 0.15) is 18.0 Å². The Morgan fingerprint density at radius 1 is 1.46 bits per heavy atom. The Labute approximate surface area is 79.3 Å². The maximum absolute atomic E-state index is 11.8. The third-order valence-corrected chi connectivity index (χ3v) is 1.42. The van der Waals surface area contributed by atoms with Crippen molar-refractivity contribution in [2.24, 2.45) is 5.73 Å². The molecule has 0 radical (unpaired) electrons. The van der Waals surface area contributed by atoms with E-state index in [2.05, 4.69) is 4.42 Å². The average Bonchev–Trinajstić information content (AvgIpc) is 2.32. The van der Waals surface area contributed by atoms with E-state index in [1.165, 1.54) is 18.6 Å². The number of rotatable bonds is 2. The lowest BCUT2D eigenvalue weighted by Crippen LogP contribution is -2.19. The lowest BCUT2D eigenvalue weighted by molar-refractivity contribution is -0.138. The third-order valence-electron chi connectivity index (χ3n) is 1.42. The molecule has 6 heteroatoms. The Hall–Kier alpha value is -0.680. The van der Waals surface area contributed by atoms with Crippen LogP contribution in [0.3, 0.4) is 0 Å². The maximum atomic E-state index is 11.8.